The van der Waals surface area contributed by atoms with E-state index in [2.05, 4.69) is 10.6 Å². The maximum Gasteiger partial charge on any atom is 0.469 e. The van der Waals surface area contributed by atoms with Crippen LogP contribution in [-0.2, 0) is 28.7 Å². The quantitative estimate of drug-likeness (QED) is 0.0747. The van der Waals surface area contributed by atoms with Crippen molar-refractivity contribution < 1.29 is 36.9 Å². The van der Waals surface area contributed by atoms with Crippen molar-refractivity contribution in [2.45, 2.75) is 62.9 Å². The molecular formula is C33H45N4O8PS. The number of hydrogen-bond donors (Lipinski definition) is 5. The number of rotatable bonds is 18. The van der Waals surface area contributed by atoms with Crippen LogP contribution in [0.25, 0.3) is 0 Å². The smallest absolute Gasteiger partial charge is 0.399 e. The fourth-order valence-corrected chi connectivity index (χ4v) is 7.49. The van der Waals surface area contributed by atoms with Crippen LogP contribution < -0.4 is 16.4 Å². The zero-order valence-electron chi connectivity index (χ0n) is 26.9. The molecule has 3 rings (SSSR count). The number of phosphoric acid groups is 1. The molecule has 6 N–H and O–H groups in total. The lowest BCUT2D eigenvalue weighted by atomic mass is 9.84. The van der Waals surface area contributed by atoms with Gasteiger partial charge in [-0.3, -0.25) is 14.1 Å². The van der Waals surface area contributed by atoms with Gasteiger partial charge in [-0.2, -0.15) is 4.31 Å². The zero-order chi connectivity index (χ0) is 34.6. The Labute approximate surface area is 277 Å². The van der Waals surface area contributed by atoms with E-state index in [1.807, 2.05) is 74.5 Å². The molecule has 14 heteroatoms. The number of nitrogens with zero attached hydrogens (tertiary/aromatic N) is 1. The highest BCUT2D eigenvalue weighted by Crippen LogP contribution is 2.37. The van der Waals surface area contributed by atoms with Gasteiger partial charge in [-0.1, -0.05) is 80.9 Å². The van der Waals surface area contributed by atoms with E-state index in [1.165, 1.54) is 35.5 Å². The average Bonchev–Trinajstić information content (AvgIpc) is 3.01. The summed E-state index contributed by atoms with van der Waals surface area (Å²) < 4.78 is 45.1. The Hall–Kier alpha value is -3.58. The van der Waals surface area contributed by atoms with Gasteiger partial charge in [0, 0.05) is 37.7 Å². The zero-order valence-corrected chi connectivity index (χ0v) is 28.6. The number of hydrogen-bond acceptors (Lipinski definition) is 7. The minimum absolute atomic E-state index is 0.00353. The van der Waals surface area contributed by atoms with Gasteiger partial charge < -0.3 is 26.2 Å². The summed E-state index contributed by atoms with van der Waals surface area (Å²) in [6, 6.07) is 22.8. The summed E-state index contributed by atoms with van der Waals surface area (Å²) >= 11 is 0. The third kappa shape index (κ3) is 11.9. The molecular weight excluding hydrogens is 643 g/mol. The Bertz CT molecular complexity index is 1550. The highest BCUT2D eigenvalue weighted by molar-refractivity contribution is 7.89. The number of carbonyl (C=O) groups is 2. The molecule has 0 bridgehead atoms. The third-order valence-electron chi connectivity index (χ3n) is 7.43. The van der Waals surface area contributed by atoms with Crippen molar-refractivity contribution in [2.75, 3.05) is 25.4 Å². The van der Waals surface area contributed by atoms with E-state index < -0.39 is 42.5 Å². The molecule has 256 valence electrons. The highest BCUT2D eigenvalue weighted by atomic mass is 32.2. The summed E-state index contributed by atoms with van der Waals surface area (Å²) in [5.74, 6) is -1.31. The Morgan fingerprint density at radius 1 is 0.915 bits per heavy atom. The maximum absolute atomic E-state index is 13.7. The van der Waals surface area contributed by atoms with Gasteiger partial charge in [0.2, 0.25) is 21.8 Å². The van der Waals surface area contributed by atoms with Crippen molar-refractivity contribution in [1.29, 1.82) is 0 Å². The standard InChI is InChI=1S/C33H45N4O8PS/c1-24(2)22-37(47(43,44)30-19-17-28(34)18-20-30)29(23-45-46(40,41)42)16-10-11-21-35-33(39)32(36-25(3)38)31(26-12-6-4-7-13-26)27-14-8-5-9-15-27/h4-9,12-15,17-20,24,29,31-32H,10-11,16,21-23,34H2,1-3H3,(H,35,39)(H,36,38)(H2,40,41,42)/t29-,32-/m0/s1. The van der Waals surface area contributed by atoms with Gasteiger partial charge in [0.25, 0.3) is 0 Å². The van der Waals surface area contributed by atoms with E-state index in [1.54, 1.807) is 0 Å². The second-order valence-corrected chi connectivity index (χ2v) is 14.9. The Balaban J connectivity index is 1.76. The first-order valence-electron chi connectivity index (χ1n) is 15.4. The van der Waals surface area contributed by atoms with E-state index in [9.17, 15) is 32.4 Å². The molecule has 0 aliphatic carbocycles. The van der Waals surface area contributed by atoms with Crippen molar-refractivity contribution in [3.05, 3.63) is 96.1 Å². The molecule has 2 amide bonds. The van der Waals surface area contributed by atoms with Crippen LogP contribution in [0, 0.1) is 5.92 Å². The van der Waals surface area contributed by atoms with Gasteiger partial charge in [0.1, 0.15) is 6.04 Å². The van der Waals surface area contributed by atoms with Gasteiger partial charge in [-0.25, -0.2) is 13.0 Å². The second kappa shape index (κ2) is 17.5. The number of nitrogens with one attached hydrogen (secondary N) is 2. The molecule has 0 radical (unpaired) electrons. The molecule has 12 nitrogen and oxygen atoms in total. The molecule has 0 saturated heterocycles. The molecule has 0 aromatic heterocycles. The van der Waals surface area contributed by atoms with Crippen LogP contribution in [-0.4, -0.2) is 66.1 Å². The largest absolute Gasteiger partial charge is 0.469 e. The topological polar surface area (TPSA) is 188 Å². The molecule has 3 aromatic rings. The van der Waals surface area contributed by atoms with Crippen LogP contribution in [0.3, 0.4) is 0 Å². The Kier molecular flexibility index (Phi) is 14.1. The molecule has 0 spiro atoms. The van der Waals surface area contributed by atoms with Crippen LogP contribution >= 0.6 is 7.82 Å². The first kappa shape index (κ1) is 37.9. The molecule has 3 aromatic carbocycles. The van der Waals surface area contributed by atoms with Crippen LogP contribution in [0.15, 0.2) is 89.8 Å². The lowest BCUT2D eigenvalue weighted by Gasteiger charge is -2.32. The van der Waals surface area contributed by atoms with Gasteiger partial charge in [0.05, 0.1) is 11.5 Å². The first-order chi connectivity index (χ1) is 22.2. The van der Waals surface area contributed by atoms with Crippen molar-refractivity contribution in [1.82, 2.24) is 14.9 Å². The minimum Gasteiger partial charge on any atom is -0.399 e. The number of carbonyl (C=O) groups excluding carboxylic acids is 2. The maximum atomic E-state index is 13.7. The number of anilines is 1. The number of amides is 2. The molecule has 2 atom stereocenters. The van der Waals surface area contributed by atoms with Crippen molar-refractivity contribution in [3.8, 4) is 0 Å². The van der Waals surface area contributed by atoms with E-state index in [0.29, 0.717) is 18.5 Å². The summed E-state index contributed by atoms with van der Waals surface area (Å²) in [6.45, 7) is 4.80. The number of sulfonamides is 1. The number of nitrogens with two attached hydrogens (primary N) is 1. The average molecular weight is 689 g/mol. The monoisotopic (exact) mass is 688 g/mol. The lowest BCUT2D eigenvalue weighted by molar-refractivity contribution is -0.128. The molecule has 0 saturated carbocycles. The number of benzene rings is 3. The molecule has 0 aliphatic heterocycles. The van der Waals surface area contributed by atoms with Crippen molar-refractivity contribution in [2.24, 2.45) is 5.92 Å². The predicted octanol–water partition coefficient (Wildman–Crippen LogP) is 4.02. The van der Waals surface area contributed by atoms with Gasteiger partial charge in [0.15, 0.2) is 0 Å². The fourth-order valence-electron chi connectivity index (χ4n) is 5.32. The van der Waals surface area contributed by atoms with Crippen LogP contribution in [0.2, 0.25) is 0 Å². The van der Waals surface area contributed by atoms with Crippen LogP contribution in [0.5, 0.6) is 0 Å². The summed E-state index contributed by atoms with van der Waals surface area (Å²) in [6.07, 6.45) is 1.01. The highest BCUT2D eigenvalue weighted by Gasteiger charge is 2.34. The summed E-state index contributed by atoms with van der Waals surface area (Å²) in [4.78, 5) is 44.6. The number of phosphoric ester groups is 1. The van der Waals surface area contributed by atoms with Crippen LogP contribution in [0.4, 0.5) is 5.69 Å². The van der Waals surface area contributed by atoms with Gasteiger partial charge in [-0.15, -0.1) is 0 Å². The van der Waals surface area contributed by atoms with Crippen molar-refractivity contribution in [3.63, 3.8) is 0 Å². The summed E-state index contributed by atoms with van der Waals surface area (Å²) in [5, 5.41) is 5.72. The number of unbranched alkanes of at least 4 members (excludes halogenated alkanes) is 1. The molecule has 0 fully saturated rings. The molecule has 0 unspecified atom stereocenters. The molecule has 0 aliphatic rings. The fraction of sp³-hybridized carbons (Fsp3) is 0.394. The lowest BCUT2D eigenvalue weighted by Crippen LogP contribution is -2.50. The summed E-state index contributed by atoms with van der Waals surface area (Å²) in [5.41, 5.74) is 7.85. The molecule has 0 heterocycles. The van der Waals surface area contributed by atoms with Gasteiger partial charge >= 0.3 is 7.82 Å². The summed E-state index contributed by atoms with van der Waals surface area (Å²) in [7, 11) is -8.98. The van der Waals surface area contributed by atoms with E-state index in [4.69, 9.17) is 10.3 Å². The van der Waals surface area contributed by atoms with E-state index in [0.717, 1.165) is 11.1 Å². The SMILES string of the molecule is CC(=O)N[C@H](C(=O)NCCCC[C@@H](COP(=O)(O)O)N(CC(C)C)S(=O)(=O)c1ccc(N)cc1)C(c1ccccc1)c1ccccc1. The van der Waals surface area contributed by atoms with Crippen molar-refractivity contribution >= 4 is 35.3 Å². The van der Waals surface area contributed by atoms with E-state index >= 15 is 0 Å². The van der Waals surface area contributed by atoms with E-state index in [-0.39, 0.29) is 42.1 Å². The van der Waals surface area contributed by atoms with Gasteiger partial charge in [-0.05, 0) is 54.2 Å². The molecule has 47 heavy (non-hydrogen) atoms. The first-order valence-corrected chi connectivity index (χ1v) is 18.4. The minimum atomic E-state index is -4.90. The van der Waals surface area contributed by atoms with Crippen LogP contribution in [0.1, 0.15) is 57.1 Å². The second-order valence-electron chi connectivity index (χ2n) is 11.7. The normalized spacial score (nSPS) is 13.4. The Morgan fingerprint density at radius 2 is 1.47 bits per heavy atom. The third-order valence-corrected chi connectivity index (χ3v) is 9.85. The predicted molar refractivity (Wildman–Crippen MR) is 181 cm³/mol. The Morgan fingerprint density at radius 3 is 1.96 bits per heavy atom. The number of nitrogen functional groups attached to an aromatic ring is 1.